The van der Waals surface area contributed by atoms with E-state index in [1.54, 1.807) is 17.7 Å². The van der Waals surface area contributed by atoms with E-state index in [1.165, 1.54) is 11.3 Å². The van der Waals surface area contributed by atoms with Crippen LogP contribution in [0.25, 0.3) is 16.2 Å². The summed E-state index contributed by atoms with van der Waals surface area (Å²) < 4.78 is 7.20. The van der Waals surface area contributed by atoms with E-state index >= 15 is 0 Å². The third-order valence-electron chi connectivity index (χ3n) is 3.10. The molecule has 0 spiro atoms. The number of anilines is 1. The van der Waals surface area contributed by atoms with E-state index in [-0.39, 0.29) is 0 Å². The number of thiocarbonyl (C=S) groups is 1. The normalized spacial score (nSPS) is 10.5. The van der Waals surface area contributed by atoms with E-state index in [1.807, 2.05) is 29.6 Å². The second-order valence-corrected chi connectivity index (χ2v) is 5.82. The predicted octanol–water partition coefficient (Wildman–Crippen LogP) is 2.94. The van der Waals surface area contributed by atoms with Crippen molar-refractivity contribution in [2.75, 3.05) is 19.0 Å². The Morgan fingerprint density at radius 2 is 2.30 bits per heavy atom. The lowest BCUT2D eigenvalue weighted by atomic mass is 10.1. The molecule has 8 heteroatoms. The largest absolute Gasteiger partial charge is 0.496 e. The van der Waals surface area contributed by atoms with Gasteiger partial charge in [0.15, 0.2) is 5.11 Å². The Morgan fingerprint density at radius 1 is 1.48 bits per heavy atom. The van der Waals surface area contributed by atoms with Crippen molar-refractivity contribution in [3.63, 3.8) is 0 Å². The van der Waals surface area contributed by atoms with Crippen molar-refractivity contribution in [2.24, 2.45) is 0 Å². The molecule has 0 saturated carbocycles. The maximum absolute atomic E-state index is 5.42. The van der Waals surface area contributed by atoms with Crippen LogP contribution in [0.1, 0.15) is 0 Å². The molecule has 0 aliphatic heterocycles. The molecule has 2 aromatic heterocycles. The molecule has 3 aromatic rings. The van der Waals surface area contributed by atoms with Gasteiger partial charge in [-0.25, -0.2) is 4.52 Å². The highest BCUT2D eigenvalue weighted by molar-refractivity contribution is 7.80. The van der Waals surface area contributed by atoms with Crippen molar-refractivity contribution in [1.29, 1.82) is 0 Å². The second kappa shape index (κ2) is 6.76. The lowest BCUT2D eigenvalue weighted by Crippen LogP contribution is -2.28. The number of thiazole rings is 1. The van der Waals surface area contributed by atoms with Gasteiger partial charge in [-0.3, -0.25) is 5.32 Å². The molecule has 0 radical (unpaired) electrons. The molecule has 0 fully saturated rings. The van der Waals surface area contributed by atoms with Gasteiger partial charge in [0, 0.05) is 17.5 Å². The molecule has 0 amide bonds. The first-order valence-electron chi connectivity index (χ1n) is 6.86. The van der Waals surface area contributed by atoms with E-state index in [2.05, 4.69) is 27.3 Å². The van der Waals surface area contributed by atoms with Crippen LogP contribution in [0.5, 0.6) is 5.75 Å². The minimum Gasteiger partial charge on any atom is -0.496 e. The highest BCUT2D eigenvalue weighted by Gasteiger charge is 2.14. The van der Waals surface area contributed by atoms with Crippen LogP contribution in [0.3, 0.4) is 0 Å². The van der Waals surface area contributed by atoms with Gasteiger partial charge in [-0.15, -0.1) is 23.0 Å². The zero-order valence-corrected chi connectivity index (χ0v) is 14.1. The number of ether oxygens (including phenoxy) is 1. The molecular formula is C15H15N5OS2. The van der Waals surface area contributed by atoms with Crippen LogP contribution in [0, 0.1) is 0 Å². The van der Waals surface area contributed by atoms with Gasteiger partial charge in [0.2, 0.25) is 10.9 Å². The van der Waals surface area contributed by atoms with E-state index in [0.717, 1.165) is 22.0 Å². The molecule has 0 aliphatic rings. The quantitative estimate of drug-likeness (QED) is 0.548. The first-order chi connectivity index (χ1) is 11.2. The number of nitrogens with one attached hydrogen (secondary N) is 2. The maximum atomic E-state index is 5.42. The monoisotopic (exact) mass is 345 g/mol. The highest BCUT2D eigenvalue weighted by Crippen LogP contribution is 2.32. The summed E-state index contributed by atoms with van der Waals surface area (Å²) >= 11 is 6.68. The number of benzene rings is 1. The van der Waals surface area contributed by atoms with E-state index in [0.29, 0.717) is 17.6 Å². The summed E-state index contributed by atoms with van der Waals surface area (Å²) in [6.45, 7) is 4.22. The van der Waals surface area contributed by atoms with Crippen LogP contribution >= 0.6 is 23.6 Å². The van der Waals surface area contributed by atoms with E-state index in [9.17, 15) is 0 Å². The minimum absolute atomic E-state index is 0.453. The molecule has 0 aliphatic carbocycles. The van der Waals surface area contributed by atoms with Gasteiger partial charge in [-0.1, -0.05) is 18.2 Å². The van der Waals surface area contributed by atoms with Crippen LogP contribution in [0.15, 0.2) is 42.3 Å². The summed E-state index contributed by atoms with van der Waals surface area (Å²) in [6, 6.07) is 7.81. The number of rotatable bonds is 5. The molecule has 0 saturated heterocycles. The van der Waals surface area contributed by atoms with Gasteiger partial charge in [0.1, 0.15) is 5.75 Å². The first kappa shape index (κ1) is 15.4. The Bertz CT molecular complexity index is 855. The standard InChI is InChI=1S/C15H15N5OS2/c1-3-8-16-14(22)17-13-18-15-20(19-13)11(9-23-15)10-6-4-5-7-12(10)21-2/h3-7,9H,1,8H2,2H3,(H2,16,17,19,22). The van der Waals surface area contributed by atoms with Gasteiger partial charge < -0.3 is 10.1 Å². The average Bonchev–Trinajstić information content (AvgIpc) is 3.12. The van der Waals surface area contributed by atoms with Crippen molar-refractivity contribution in [1.82, 2.24) is 19.9 Å². The smallest absolute Gasteiger partial charge is 0.250 e. The molecule has 0 atom stereocenters. The van der Waals surface area contributed by atoms with Gasteiger partial charge in [-0.05, 0) is 24.4 Å². The lowest BCUT2D eigenvalue weighted by Gasteiger charge is -2.06. The van der Waals surface area contributed by atoms with Crippen LogP contribution in [0.2, 0.25) is 0 Å². The fraction of sp³-hybridized carbons (Fsp3) is 0.133. The Balaban J connectivity index is 1.92. The summed E-state index contributed by atoms with van der Waals surface area (Å²) in [5.41, 5.74) is 1.89. The number of fused-ring (bicyclic) bond motifs is 1. The topological polar surface area (TPSA) is 63.5 Å². The van der Waals surface area contributed by atoms with Gasteiger partial charge in [-0.2, -0.15) is 4.98 Å². The Hall–Kier alpha value is -2.45. The van der Waals surface area contributed by atoms with Crippen LogP contribution < -0.4 is 15.4 Å². The molecule has 2 heterocycles. The molecule has 2 N–H and O–H groups in total. The fourth-order valence-electron chi connectivity index (χ4n) is 2.09. The van der Waals surface area contributed by atoms with Gasteiger partial charge in [0.25, 0.3) is 0 Å². The van der Waals surface area contributed by atoms with Crippen LogP contribution in [-0.4, -0.2) is 33.4 Å². The Labute approximate surface area is 142 Å². The molecule has 0 unspecified atom stereocenters. The number of hydrogen-bond donors (Lipinski definition) is 2. The number of methoxy groups -OCH3 is 1. The maximum Gasteiger partial charge on any atom is 0.250 e. The summed E-state index contributed by atoms with van der Waals surface area (Å²) in [5, 5.41) is 12.9. The second-order valence-electron chi connectivity index (χ2n) is 4.57. The summed E-state index contributed by atoms with van der Waals surface area (Å²) in [5.74, 6) is 1.25. The molecule has 1 aromatic carbocycles. The van der Waals surface area contributed by atoms with Crippen molar-refractivity contribution in [2.45, 2.75) is 0 Å². The van der Waals surface area contributed by atoms with Crippen molar-refractivity contribution in [3.8, 4) is 17.0 Å². The average molecular weight is 345 g/mol. The molecule has 118 valence electrons. The first-order valence-corrected chi connectivity index (χ1v) is 8.15. The molecule has 3 rings (SSSR count). The Morgan fingerprint density at radius 3 is 3.09 bits per heavy atom. The number of hydrogen-bond acceptors (Lipinski definition) is 5. The molecular weight excluding hydrogens is 330 g/mol. The third kappa shape index (κ3) is 3.17. The molecule has 0 bridgehead atoms. The van der Waals surface area contributed by atoms with Crippen LogP contribution in [0.4, 0.5) is 5.95 Å². The molecule has 23 heavy (non-hydrogen) atoms. The number of para-hydroxylation sites is 1. The summed E-state index contributed by atoms with van der Waals surface area (Å²) in [6.07, 6.45) is 1.73. The lowest BCUT2D eigenvalue weighted by molar-refractivity contribution is 0.416. The molecule has 6 nitrogen and oxygen atoms in total. The zero-order valence-electron chi connectivity index (χ0n) is 12.4. The zero-order chi connectivity index (χ0) is 16.2. The van der Waals surface area contributed by atoms with Crippen molar-refractivity contribution < 1.29 is 4.74 Å². The fourth-order valence-corrected chi connectivity index (χ4v) is 3.08. The van der Waals surface area contributed by atoms with E-state index < -0.39 is 0 Å². The van der Waals surface area contributed by atoms with Crippen LogP contribution in [-0.2, 0) is 0 Å². The summed E-state index contributed by atoms with van der Waals surface area (Å²) in [7, 11) is 1.65. The number of aromatic nitrogens is 3. The number of nitrogens with zero attached hydrogens (tertiary/aromatic N) is 3. The SMILES string of the molecule is C=CCNC(=S)Nc1nc2scc(-c3ccccc3OC)n2n1. The van der Waals surface area contributed by atoms with Gasteiger partial charge in [0.05, 0.1) is 12.8 Å². The van der Waals surface area contributed by atoms with Gasteiger partial charge >= 0.3 is 0 Å². The van der Waals surface area contributed by atoms with E-state index in [4.69, 9.17) is 17.0 Å². The van der Waals surface area contributed by atoms with Crippen molar-refractivity contribution in [3.05, 3.63) is 42.3 Å². The third-order valence-corrected chi connectivity index (χ3v) is 4.16. The predicted molar refractivity (Wildman–Crippen MR) is 97.3 cm³/mol. The minimum atomic E-state index is 0.453. The highest BCUT2D eigenvalue weighted by atomic mass is 32.1. The Kier molecular flexibility index (Phi) is 4.54. The van der Waals surface area contributed by atoms with Crippen molar-refractivity contribution >= 4 is 39.6 Å². The summed E-state index contributed by atoms with van der Waals surface area (Å²) in [4.78, 5) is 5.21.